The van der Waals surface area contributed by atoms with Crippen molar-refractivity contribution in [1.82, 2.24) is 15.1 Å². The molecule has 0 radical (unpaired) electrons. The van der Waals surface area contributed by atoms with E-state index < -0.39 is 0 Å². The smallest absolute Gasteiger partial charge is 0.0611 e. The molecule has 16 heavy (non-hydrogen) atoms. The fourth-order valence-electron chi connectivity index (χ4n) is 2.04. The number of aliphatic hydroxyl groups is 1. The minimum atomic E-state index is -0.228. The van der Waals surface area contributed by atoms with Gasteiger partial charge in [-0.1, -0.05) is 6.92 Å². The Bertz CT molecular complexity index is 324. The number of aliphatic hydroxyl groups excluding tert-OH is 1. The molecule has 0 fully saturated rings. The van der Waals surface area contributed by atoms with E-state index in [0.717, 1.165) is 18.7 Å². The van der Waals surface area contributed by atoms with Gasteiger partial charge in [0.15, 0.2) is 0 Å². The third-order valence-electron chi connectivity index (χ3n) is 2.89. The molecule has 4 heteroatoms. The molecular weight excluding hydrogens is 202 g/mol. The molecule has 1 aromatic heterocycles. The number of hydrogen-bond donors (Lipinski definition) is 2. The van der Waals surface area contributed by atoms with E-state index >= 15 is 0 Å². The van der Waals surface area contributed by atoms with Gasteiger partial charge in [-0.2, -0.15) is 5.10 Å². The molecule has 2 unspecified atom stereocenters. The average molecular weight is 225 g/mol. The van der Waals surface area contributed by atoms with Crippen LogP contribution in [-0.4, -0.2) is 33.6 Å². The third kappa shape index (κ3) is 3.32. The maximum Gasteiger partial charge on any atom is 0.0611 e. The summed E-state index contributed by atoms with van der Waals surface area (Å²) in [5.41, 5.74) is 0.801. The second-order valence-corrected chi connectivity index (χ2v) is 4.74. The Hall–Kier alpha value is -0.870. The SMILES string of the molecule is CCNC(C)(CO)CC(C)n1ccc(C)n1. The van der Waals surface area contributed by atoms with Crippen molar-refractivity contribution in [3.63, 3.8) is 0 Å². The summed E-state index contributed by atoms with van der Waals surface area (Å²) in [6, 6.07) is 2.28. The van der Waals surface area contributed by atoms with Gasteiger partial charge in [0, 0.05) is 11.7 Å². The van der Waals surface area contributed by atoms with Crippen LogP contribution in [0.2, 0.25) is 0 Å². The van der Waals surface area contributed by atoms with E-state index in [4.69, 9.17) is 0 Å². The van der Waals surface area contributed by atoms with E-state index in [2.05, 4.69) is 24.3 Å². The lowest BCUT2D eigenvalue weighted by atomic mass is 9.94. The lowest BCUT2D eigenvalue weighted by Crippen LogP contribution is -2.47. The second-order valence-electron chi connectivity index (χ2n) is 4.74. The van der Waals surface area contributed by atoms with Gasteiger partial charge in [0.25, 0.3) is 0 Å². The molecule has 0 amide bonds. The molecule has 1 heterocycles. The van der Waals surface area contributed by atoms with Crippen LogP contribution in [0.4, 0.5) is 0 Å². The largest absolute Gasteiger partial charge is 0.394 e. The number of aromatic nitrogens is 2. The van der Waals surface area contributed by atoms with Gasteiger partial charge >= 0.3 is 0 Å². The highest BCUT2D eigenvalue weighted by molar-refractivity contribution is 4.96. The molecule has 92 valence electrons. The summed E-state index contributed by atoms with van der Waals surface area (Å²) in [7, 11) is 0. The van der Waals surface area contributed by atoms with Crippen molar-refractivity contribution in [2.75, 3.05) is 13.2 Å². The summed E-state index contributed by atoms with van der Waals surface area (Å²) >= 11 is 0. The Morgan fingerprint density at radius 1 is 1.62 bits per heavy atom. The van der Waals surface area contributed by atoms with Gasteiger partial charge in [-0.3, -0.25) is 4.68 Å². The van der Waals surface area contributed by atoms with Gasteiger partial charge in [-0.25, -0.2) is 0 Å². The number of nitrogens with one attached hydrogen (secondary N) is 1. The van der Waals surface area contributed by atoms with Crippen LogP contribution < -0.4 is 5.32 Å². The molecule has 0 saturated heterocycles. The van der Waals surface area contributed by atoms with E-state index in [1.54, 1.807) is 0 Å². The highest BCUT2D eigenvalue weighted by Crippen LogP contribution is 2.20. The first-order valence-electron chi connectivity index (χ1n) is 5.88. The molecule has 1 aromatic rings. The summed E-state index contributed by atoms with van der Waals surface area (Å²) in [5.74, 6) is 0. The minimum Gasteiger partial charge on any atom is -0.394 e. The molecule has 0 aliphatic carbocycles. The molecule has 0 aliphatic rings. The number of aryl methyl sites for hydroxylation is 1. The summed E-state index contributed by atoms with van der Waals surface area (Å²) < 4.78 is 1.96. The van der Waals surface area contributed by atoms with Gasteiger partial charge < -0.3 is 10.4 Å². The van der Waals surface area contributed by atoms with Crippen molar-refractivity contribution in [3.05, 3.63) is 18.0 Å². The molecular formula is C12H23N3O. The fraction of sp³-hybridized carbons (Fsp3) is 0.750. The maximum atomic E-state index is 9.43. The zero-order valence-electron chi connectivity index (χ0n) is 10.7. The van der Waals surface area contributed by atoms with Crippen LogP contribution in [0.15, 0.2) is 12.3 Å². The Morgan fingerprint density at radius 2 is 2.31 bits per heavy atom. The highest BCUT2D eigenvalue weighted by atomic mass is 16.3. The predicted molar refractivity (Wildman–Crippen MR) is 65.5 cm³/mol. The topological polar surface area (TPSA) is 50.1 Å². The second kappa shape index (κ2) is 5.46. The molecule has 0 saturated carbocycles. The number of nitrogens with zero attached hydrogens (tertiary/aromatic N) is 2. The number of hydrogen-bond acceptors (Lipinski definition) is 3. The van der Waals surface area contributed by atoms with Gasteiger partial charge in [-0.05, 0) is 39.8 Å². The molecule has 0 bridgehead atoms. The van der Waals surface area contributed by atoms with E-state index in [9.17, 15) is 5.11 Å². The first-order chi connectivity index (χ1) is 7.50. The van der Waals surface area contributed by atoms with E-state index in [-0.39, 0.29) is 18.2 Å². The van der Waals surface area contributed by atoms with E-state index in [0.29, 0.717) is 0 Å². The molecule has 2 atom stereocenters. The van der Waals surface area contributed by atoms with Crippen molar-refractivity contribution < 1.29 is 5.11 Å². The number of rotatable bonds is 6. The maximum absolute atomic E-state index is 9.43. The molecule has 0 aromatic carbocycles. The van der Waals surface area contributed by atoms with Crippen molar-refractivity contribution in [1.29, 1.82) is 0 Å². The van der Waals surface area contributed by atoms with Crippen LogP contribution in [0.3, 0.4) is 0 Å². The van der Waals surface area contributed by atoms with Crippen LogP contribution in [0, 0.1) is 6.92 Å². The molecule has 0 spiro atoms. The van der Waals surface area contributed by atoms with Crippen LogP contribution in [0.1, 0.15) is 38.9 Å². The minimum absolute atomic E-state index is 0.144. The van der Waals surface area contributed by atoms with Crippen molar-refractivity contribution in [2.45, 2.75) is 45.7 Å². The van der Waals surface area contributed by atoms with Crippen LogP contribution >= 0.6 is 0 Å². The van der Waals surface area contributed by atoms with Crippen molar-refractivity contribution in [2.24, 2.45) is 0 Å². The van der Waals surface area contributed by atoms with E-state index in [1.165, 1.54) is 0 Å². The summed E-state index contributed by atoms with van der Waals surface area (Å²) in [6.07, 6.45) is 2.85. The van der Waals surface area contributed by atoms with E-state index in [1.807, 2.05) is 30.8 Å². The summed E-state index contributed by atoms with van der Waals surface area (Å²) in [6.45, 7) is 9.21. The van der Waals surface area contributed by atoms with Gasteiger partial charge in [0.2, 0.25) is 0 Å². The first kappa shape index (κ1) is 13.2. The lowest BCUT2D eigenvalue weighted by molar-refractivity contribution is 0.150. The van der Waals surface area contributed by atoms with Crippen LogP contribution in [0.5, 0.6) is 0 Å². The van der Waals surface area contributed by atoms with Gasteiger partial charge in [0.1, 0.15) is 0 Å². The zero-order valence-corrected chi connectivity index (χ0v) is 10.7. The Labute approximate surface area is 97.7 Å². The lowest BCUT2D eigenvalue weighted by Gasteiger charge is -2.31. The third-order valence-corrected chi connectivity index (χ3v) is 2.89. The number of likely N-dealkylation sites (N-methyl/N-ethyl adjacent to an activating group) is 1. The standard InChI is InChI=1S/C12H23N3O/c1-5-13-12(4,9-16)8-11(3)15-7-6-10(2)14-15/h6-7,11,13,16H,5,8-9H2,1-4H3. The van der Waals surface area contributed by atoms with Gasteiger partial charge in [-0.15, -0.1) is 0 Å². The molecule has 4 nitrogen and oxygen atoms in total. The Kier molecular flexibility index (Phi) is 4.50. The molecule has 0 aliphatic heterocycles. The van der Waals surface area contributed by atoms with Crippen LogP contribution in [0.25, 0.3) is 0 Å². The predicted octanol–water partition coefficient (Wildman–Crippen LogP) is 1.50. The first-order valence-corrected chi connectivity index (χ1v) is 5.88. The molecule has 1 rings (SSSR count). The quantitative estimate of drug-likeness (QED) is 0.771. The van der Waals surface area contributed by atoms with Crippen molar-refractivity contribution >= 4 is 0 Å². The monoisotopic (exact) mass is 225 g/mol. The average Bonchev–Trinajstić information content (AvgIpc) is 2.65. The summed E-state index contributed by atoms with van der Waals surface area (Å²) in [4.78, 5) is 0. The highest BCUT2D eigenvalue weighted by Gasteiger charge is 2.25. The zero-order chi connectivity index (χ0) is 12.2. The van der Waals surface area contributed by atoms with Crippen LogP contribution in [-0.2, 0) is 0 Å². The molecule has 2 N–H and O–H groups in total. The fourth-order valence-corrected chi connectivity index (χ4v) is 2.04. The Balaban J connectivity index is 2.65. The van der Waals surface area contributed by atoms with Crippen molar-refractivity contribution in [3.8, 4) is 0 Å². The Morgan fingerprint density at radius 3 is 2.75 bits per heavy atom. The van der Waals surface area contributed by atoms with Gasteiger partial charge in [0.05, 0.1) is 18.3 Å². The normalized spacial score (nSPS) is 17.1. The summed E-state index contributed by atoms with van der Waals surface area (Å²) in [5, 5.41) is 17.1.